The summed E-state index contributed by atoms with van der Waals surface area (Å²) in [5.41, 5.74) is 1.28. The van der Waals surface area contributed by atoms with Crippen molar-refractivity contribution in [1.29, 1.82) is 0 Å². The van der Waals surface area contributed by atoms with E-state index in [1.165, 1.54) is 18.4 Å². The Hall–Kier alpha value is -1.62. The fraction of sp³-hybridized carbons (Fsp3) is 0.500. The van der Waals surface area contributed by atoms with Gasteiger partial charge in [-0.2, -0.15) is 5.10 Å². The molecule has 0 N–H and O–H groups in total. The van der Waals surface area contributed by atoms with Crippen molar-refractivity contribution in [3.8, 4) is 0 Å². The molecule has 1 atom stereocenters. The van der Waals surface area contributed by atoms with Gasteiger partial charge in [-0.25, -0.2) is 0 Å². The van der Waals surface area contributed by atoms with Crippen LogP contribution in [0.15, 0.2) is 29.9 Å². The molecule has 1 saturated carbocycles. The number of nitrogens with zero attached hydrogens (tertiary/aromatic N) is 3. The third-order valence-electron chi connectivity index (χ3n) is 4.49. The molecular weight excluding hydrogens is 282 g/mol. The zero-order valence-electron chi connectivity index (χ0n) is 11.9. The first kappa shape index (κ1) is 13.1. The molecule has 4 nitrogen and oxygen atoms in total. The van der Waals surface area contributed by atoms with Crippen LogP contribution in [0.2, 0.25) is 0 Å². The fourth-order valence-corrected chi connectivity index (χ4v) is 4.16. The zero-order chi connectivity index (χ0) is 14.2. The summed E-state index contributed by atoms with van der Waals surface area (Å²) in [6, 6.07) is 4.41. The highest BCUT2D eigenvalue weighted by Crippen LogP contribution is 2.43. The number of thiophene rings is 1. The van der Waals surface area contributed by atoms with E-state index >= 15 is 0 Å². The van der Waals surface area contributed by atoms with Crippen LogP contribution in [0.1, 0.15) is 52.9 Å². The maximum absolute atomic E-state index is 12.8. The maximum atomic E-state index is 12.8. The first-order valence-electron chi connectivity index (χ1n) is 7.68. The van der Waals surface area contributed by atoms with Crippen LogP contribution < -0.4 is 0 Å². The maximum Gasteiger partial charge on any atom is 0.264 e. The van der Waals surface area contributed by atoms with Crippen LogP contribution in [0.4, 0.5) is 0 Å². The van der Waals surface area contributed by atoms with Crippen molar-refractivity contribution < 1.29 is 4.79 Å². The third-order valence-corrected chi connectivity index (χ3v) is 5.41. The van der Waals surface area contributed by atoms with E-state index in [9.17, 15) is 4.79 Å². The number of amides is 1. The second-order valence-corrected chi connectivity index (χ2v) is 6.93. The Morgan fingerprint density at radius 2 is 2.24 bits per heavy atom. The van der Waals surface area contributed by atoms with Crippen LogP contribution >= 0.6 is 11.3 Å². The van der Waals surface area contributed by atoms with Gasteiger partial charge in [0.15, 0.2) is 0 Å². The molecule has 0 bridgehead atoms. The monoisotopic (exact) mass is 301 g/mol. The van der Waals surface area contributed by atoms with Gasteiger partial charge in [0, 0.05) is 25.5 Å². The molecule has 4 rings (SSSR count). The van der Waals surface area contributed by atoms with E-state index in [2.05, 4.69) is 16.5 Å². The smallest absolute Gasteiger partial charge is 0.264 e. The van der Waals surface area contributed by atoms with Gasteiger partial charge in [0.1, 0.15) is 0 Å². The predicted molar refractivity (Wildman–Crippen MR) is 82.7 cm³/mol. The van der Waals surface area contributed by atoms with Gasteiger partial charge in [0.2, 0.25) is 0 Å². The highest BCUT2D eigenvalue weighted by Gasteiger charge is 2.32. The minimum Gasteiger partial charge on any atom is -0.336 e. The van der Waals surface area contributed by atoms with Crippen LogP contribution in [0.25, 0.3) is 0 Å². The van der Waals surface area contributed by atoms with E-state index in [0.717, 1.165) is 30.8 Å². The minimum atomic E-state index is 0.226. The normalized spacial score (nSPS) is 22.5. The van der Waals surface area contributed by atoms with Gasteiger partial charge in [0.05, 0.1) is 10.9 Å². The molecule has 0 spiro atoms. The number of hydrogen-bond acceptors (Lipinski definition) is 3. The molecule has 1 saturated heterocycles. The Labute approximate surface area is 128 Å². The Morgan fingerprint density at radius 3 is 3.00 bits per heavy atom. The molecular formula is C16H19N3OS. The van der Waals surface area contributed by atoms with Crippen molar-refractivity contribution in [2.45, 2.75) is 37.6 Å². The molecule has 1 aliphatic carbocycles. The van der Waals surface area contributed by atoms with Crippen LogP contribution in [0.3, 0.4) is 0 Å². The van der Waals surface area contributed by atoms with Crippen molar-refractivity contribution in [1.82, 2.24) is 14.7 Å². The molecule has 1 amide bonds. The summed E-state index contributed by atoms with van der Waals surface area (Å²) in [4.78, 5) is 15.8. The lowest BCUT2D eigenvalue weighted by molar-refractivity contribution is 0.0677. The van der Waals surface area contributed by atoms with Crippen molar-refractivity contribution >= 4 is 17.2 Å². The Bertz CT molecular complexity index is 630. The van der Waals surface area contributed by atoms with E-state index in [-0.39, 0.29) is 5.91 Å². The molecule has 2 aliphatic rings. The highest BCUT2D eigenvalue weighted by molar-refractivity contribution is 7.12. The largest absolute Gasteiger partial charge is 0.336 e. The van der Waals surface area contributed by atoms with Crippen LogP contribution in [-0.2, 0) is 0 Å². The zero-order valence-corrected chi connectivity index (χ0v) is 12.8. The number of likely N-dealkylation sites (tertiary alicyclic amines) is 1. The summed E-state index contributed by atoms with van der Waals surface area (Å²) in [6.45, 7) is 1.65. The molecule has 5 heteroatoms. The lowest BCUT2D eigenvalue weighted by Crippen LogP contribution is -2.40. The topological polar surface area (TPSA) is 38.1 Å². The standard InChI is InChI=1S/C16H19N3OS/c20-16(15-14(6-10-21-15)12-4-5-12)18-8-1-3-13(11-18)19-9-2-7-17-19/h2,6-7,9-10,12-13H,1,3-5,8,11H2/t13-/m1/s1. The quantitative estimate of drug-likeness (QED) is 0.872. The van der Waals surface area contributed by atoms with Crippen molar-refractivity contribution in [3.63, 3.8) is 0 Å². The van der Waals surface area contributed by atoms with Gasteiger partial charge in [-0.05, 0) is 54.7 Å². The van der Waals surface area contributed by atoms with Crippen LogP contribution in [-0.4, -0.2) is 33.7 Å². The van der Waals surface area contributed by atoms with Gasteiger partial charge in [0.25, 0.3) is 5.91 Å². The molecule has 0 radical (unpaired) electrons. The van der Waals surface area contributed by atoms with E-state index < -0.39 is 0 Å². The number of hydrogen-bond donors (Lipinski definition) is 0. The number of carbonyl (C=O) groups excluding carboxylic acids is 1. The third kappa shape index (κ3) is 2.50. The molecule has 0 aromatic carbocycles. The minimum absolute atomic E-state index is 0.226. The first-order valence-corrected chi connectivity index (χ1v) is 8.56. The van der Waals surface area contributed by atoms with Gasteiger partial charge in [-0.15, -0.1) is 11.3 Å². The van der Waals surface area contributed by atoms with E-state index in [4.69, 9.17) is 0 Å². The predicted octanol–water partition coefficient (Wildman–Crippen LogP) is 3.30. The van der Waals surface area contributed by atoms with Gasteiger partial charge in [-0.1, -0.05) is 0 Å². The van der Waals surface area contributed by atoms with E-state index in [1.54, 1.807) is 11.3 Å². The van der Waals surface area contributed by atoms with Crippen LogP contribution in [0.5, 0.6) is 0 Å². The molecule has 21 heavy (non-hydrogen) atoms. The molecule has 0 unspecified atom stereocenters. The summed E-state index contributed by atoms with van der Waals surface area (Å²) in [5.74, 6) is 0.866. The number of aromatic nitrogens is 2. The number of piperidine rings is 1. The summed E-state index contributed by atoms with van der Waals surface area (Å²) >= 11 is 1.60. The van der Waals surface area contributed by atoms with Crippen molar-refractivity contribution in [2.24, 2.45) is 0 Å². The lowest BCUT2D eigenvalue weighted by atomic mass is 10.0. The Morgan fingerprint density at radius 1 is 1.33 bits per heavy atom. The Balaban J connectivity index is 1.52. The number of rotatable bonds is 3. The summed E-state index contributed by atoms with van der Waals surface area (Å²) in [6.07, 6.45) is 8.45. The summed E-state index contributed by atoms with van der Waals surface area (Å²) < 4.78 is 2.00. The SMILES string of the molecule is O=C(c1sccc1C1CC1)N1CCC[C@@H](n2cccn2)C1. The van der Waals surface area contributed by atoms with Gasteiger partial charge < -0.3 is 4.90 Å². The first-order chi connectivity index (χ1) is 10.3. The fourth-order valence-electron chi connectivity index (χ4n) is 3.20. The molecule has 2 aromatic heterocycles. The average molecular weight is 301 g/mol. The van der Waals surface area contributed by atoms with E-state index in [1.807, 2.05) is 28.0 Å². The van der Waals surface area contributed by atoms with Gasteiger partial charge in [-0.3, -0.25) is 9.48 Å². The highest BCUT2D eigenvalue weighted by atomic mass is 32.1. The summed E-state index contributed by atoms with van der Waals surface area (Å²) in [7, 11) is 0. The lowest BCUT2D eigenvalue weighted by Gasteiger charge is -2.32. The van der Waals surface area contributed by atoms with E-state index in [0.29, 0.717) is 12.0 Å². The number of carbonyl (C=O) groups is 1. The van der Waals surface area contributed by atoms with Crippen molar-refractivity contribution in [3.05, 3.63) is 40.3 Å². The van der Waals surface area contributed by atoms with Crippen LogP contribution in [0, 0.1) is 0 Å². The molecule has 2 fully saturated rings. The Kier molecular flexibility index (Phi) is 3.30. The molecule has 110 valence electrons. The second kappa shape index (κ2) is 5.30. The average Bonchev–Trinajstić information content (AvgIpc) is 3.05. The van der Waals surface area contributed by atoms with Gasteiger partial charge >= 0.3 is 0 Å². The van der Waals surface area contributed by atoms with Crippen molar-refractivity contribution in [2.75, 3.05) is 13.1 Å². The summed E-state index contributed by atoms with van der Waals surface area (Å²) in [5, 5.41) is 6.40. The molecule has 2 aromatic rings. The molecule has 3 heterocycles. The second-order valence-electron chi connectivity index (χ2n) is 6.01. The molecule has 1 aliphatic heterocycles.